The summed E-state index contributed by atoms with van der Waals surface area (Å²) in [5.41, 5.74) is 7.99. The maximum atomic E-state index is 5.96. The van der Waals surface area contributed by atoms with E-state index in [0.29, 0.717) is 5.82 Å². The Bertz CT molecular complexity index is 704. The number of nitrogens with two attached hydrogens (primary N) is 1. The predicted molar refractivity (Wildman–Crippen MR) is 70.8 cm³/mol. The second-order valence-electron chi connectivity index (χ2n) is 4.12. The Morgan fingerprint density at radius 2 is 2.00 bits per heavy atom. The van der Waals surface area contributed by atoms with Gasteiger partial charge in [-0.1, -0.05) is 19.1 Å². The highest BCUT2D eigenvalue weighted by Crippen LogP contribution is 2.25. The van der Waals surface area contributed by atoms with Crippen molar-refractivity contribution < 1.29 is 0 Å². The molecule has 3 aromatic rings. The third-order valence-corrected chi connectivity index (χ3v) is 3.10. The molecule has 17 heavy (non-hydrogen) atoms. The molecule has 3 nitrogen and oxygen atoms in total. The van der Waals surface area contributed by atoms with Crippen LogP contribution in [0.3, 0.4) is 0 Å². The van der Waals surface area contributed by atoms with Gasteiger partial charge in [0.1, 0.15) is 5.82 Å². The number of rotatable bonds is 1. The molecule has 0 unspecified atom stereocenters. The van der Waals surface area contributed by atoms with Crippen molar-refractivity contribution in [3.8, 4) is 0 Å². The lowest BCUT2D eigenvalue weighted by molar-refractivity contribution is 1.13. The van der Waals surface area contributed by atoms with Crippen LogP contribution >= 0.6 is 0 Å². The zero-order valence-electron chi connectivity index (χ0n) is 9.64. The molecular weight excluding hydrogens is 210 g/mol. The van der Waals surface area contributed by atoms with Crippen molar-refractivity contribution in [2.24, 2.45) is 0 Å². The molecule has 0 atom stereocenters. The predicted octanol–water partition coefficient (Wildman–Crippen LogP) is 2.93. The van der Waals surface area contributed by atoms with E-state index in [4.69, 9.17) is 5.73 Å². The summed E-state index contributed by atoms with van der Waals surface area (Å²) in [6.45, 7) is 2.09. The SMILES string of the molecule is CCc1cc2ccc3ccncc3c2nc1N. The van der Waals surface area contributed by atoms with Gasteiger partial charge in [0, 0.05) is 23.2 Å². The van der Waals surface area contributed by atoms with Crippen LogP contribution < -0.4 is 5.73 Å². The lowest BCUT2D eigenvalue weighted by Gasteiger charge is -2.07. The minimum Gasteiger partial charge on any atom is -0.383 e. The van der Waals surface area contributed by atoms with E-state index in [9.17, 15) is 0 Å². The Balaban J connectivity index is 2.46. The van der Waals surface area contributed by atoms with E-state index in [2.05, 4.69) is 35.1 Å². The molecule has 2 aromatic heterocycles. The minimum atomic E-state index is 0.622. The number of hydrogen-bond donors (Lipinski definition) is 1. The number of pyridine rings is 2. The molecule has 3 rings (SSSR count). The average molecular weight is 223 g/mol. The molecule has 0 saturated carbocycles. The summed E-state index contributed by atoms with van der Waals surface area (Å²) < 4.78 is 0. The maximum absolute atomic E-state index is 5.96. The van der Waals surface area contributed by atoms with Crippen LogP contribution in [0, 0.1) is 0 Å². The van der Waals surface area contributed by atoms with Crippen molar-refractivity contribution in [2.75, 3.05) is 5.73 Å². The molecule has 0 bridgehead atoms. The van der Waals surface area contributed by atoms with Crippen LogP contribution in [-0.2, 0) is 6.42 Å². The van der Waals surface area contributed by atoms with Crippen molar-refractivity contribution in [2.45, 2.75) is 13.3 Å². The van der Waals surface area contributed by atoms with Crippen LogP contribution in [0.2, 0.25) is 0 Å². The molecule has 2 N–H and O–H groups in total. The summed E-state index contributed by atoms with van der Waals surface area (Å²) in [5, 5.41) is 3.32. The quantitative estimate of drug-likeness (QED) is 0.645. The van der Waals surface area contributed by atoms with Gasteiger partial charge in [-0.15, -0.1) is 0 Å². The lowest BCUT2D eigenvalue weighted by atomic mass is 10.1. The number of aromatic nitrogens is 2. The van der Waals surface area contributed by atoms with Crippen LogP contribution in [0.5, 0.6) is 0 Å². The topological polar surface area (TPSA) is 51.8 Å². The molecule has 0 radical (unpaired) electrons. The summed E-state index contributed by atoms with van der Waals surface area (Å²) in [5.74, 6) is 0.622. The summed E-state index contributed by atoms with van der Waals surface area (Å²) >= 11 is 0. The highest BCUT2D eigenvalue weighted by Gasteiger charge is 2.05. The molecule has 84 valence electrons. The van der Waals surface area contributed by atoms with Gasteiger partial charge >= 0.3 is 0 Å². The number of hydrogen-bond acceptors (Lipinski definition) is 3. The van der Waals surface area contributed by atoms with Crippen molar-refractivity contribution in [1.29, 1.82) is 0 Å². The zero-order chi connectivity index (χ0) is 11.8. The van der Waals surface area contributed by atoms with E-state index in [-0.39, 0.29) is 0 Å². The number of nitrogen functional groups attached to an aromatic ring is 1. The molecule has 0 spiro atoms. The monoisotopic (exact) mass is 223 g/mol. The zero-order valence-corrected chi connectivity index (χ0v) is 9.64. The molecule has 0 fully saturated rings. The van der Waals surface area contributed by atoms with Crippen LogP contribution in [-0.4, -0.2) is 9.97 Å². The highest BCUT2D eigenvalue weighted by molar-refractivity contribution is 6.05. The summed E-state index contributed by atoms with van der Waals surface area (Å²) in [4.78, 5) is 8.67. The second kappa shape index (κ2) is 3.70. The number of aryl methyl sites for hydroxylation is 1. The Kier molecular flexibility index (Phi) is 2.18. The standard InChI is InChI=1S/C14H13N3/c1-2-9-7-11-4-3-10-5-6-16-8-12(10)13(11)17-14(9)15/h3-8H,2H2,1H3,(H2,15,17). The van der Waals surface area contributed by atoms with Gasteiger partial charge in [0.15, 0.2) is 0 Å². The van der Waals surface area contributed by atoms with Crippen molar-refractivity contribution in [1.82, 2.24) is 9.97 Å². The van der Waals surface area contributed by atoms with Crippen molar-refractivity contribution in [3.05, 3.63) is 42.2 Å². The van der Waals surface area contributed by atoms with E-state index in [0.717, 1.165) is 33.7 Å². The van der Waals surface area contributed by atoms with Gasteiger partial charge < -0.3 is 5.73 Å². The molecule has 0 aliphatic carbocycles. The van der Waals surface area contributed by atoms with E-state index in [1.807, 2.05) is 12.3 Å². The van der Waals surface area contributed by atoms with Crippen molar-refractivity contribution in [3.63, 3.8) is 0 Å². The molecule has 0 amide bonds. The molecule has 1 aromatic carbocycles. The summed E-state index contributed by atoms with van der Waals surface area (Å²) in [6.07, 6.45) is 4.54. The molecular formula is C14H13N3. The van der Waals surface area contributed by atoms with Gasteiger partial charge in [0.2, 0.25) is 0 Å². The first-order valence-corrected chi connectivity index (χ1v) is 5.71. The molecule has 3 heteroatoms. The molecule has 0 aliphatic heterocycles. The number of fused-ring (bicyclic) bond motifs is 3. The number of benzene rings is 1. The average Bonchev–Trinajstić information content (AvgIpc) is 2.38. The van der Waals surface area contributed by atoms with Gasteiger partial charge in [0.05, 0.1) is 5.52 Å². The van der Waals surface area contributed by atoms with Crippen LogP contribution in [0.15, 0.2) is 36.7 Å². The third-order valence-electron chi connectivity index (χ3n) is 3.10. The lowest BCUT2D eigenvalue weighted by Crippen LogP contribution is -1.97. The summed E-state index contributed by atoms with van der Waals surface area (Å²) in [6, 6.07) is 8.28. The Morgan fingerprint density at radius 1 is 1.18 bits per heavy atom. The van der Waals surface area contributed by atoms with Gasteiger partial charge in [-0.2, -0.15) is 0 Å². The Morgan fingerprint density at radius 3 is 2.82 bits per heavy atom. The minimum absolute atomic E-state index is 0.622. The van der Waals surface area contributed by atoms with Gasteiger partial charge in [-0.3, -0.25) is 4.98 Å². The Hall–Kier alpha value is -2.16. The number of nitrogens with zero attached hydrogens (tertiary/aromatic N) is 2. The first-order valence-electron chi connectivity index (χ1n) is 5.71. The van der Waals surface area contributed by atoms with E-state index in [1.54, 1.807) is 6.20 Å². The fraction of sp³-hybridized carbons (Fsp3) is 0.143. The van der Waals surface area contributed by atoms with Gasteiger partial charge in [-0.25, -0.2) is 4.98 Å². The van der Waals surface area contributed by atoms with Crippen molar-refractivity contribution >= 4 is 27.5 Å². The van der Waals surface area contributed by atoms with E-state index in [1.165, 1.54) is 0 Å². The third kappa shape index (κ3) is 1.51. The molecule has 0 aliphatic rings. The fourth-order valence-corrected chi connectivity index (χ4v) is 2.14. The first-order chi connectivity index (χ1) is 8.29. The van der Waals surface area contributed by atoms with E-state index < -0.39 is 0 Å². The Labute approximate surface area is 99.3 Å². The van der Waals surface area contributed by atoms with Crippen LogP contribution in [0.1, 0.15) is 12.5 Å². The van der Waals surface area contributed by atoms with E-state index >= 15 is 0 Å². The van der Waals surface area contributed by atoms with Gasteiger partial charge in [-0.05, 0) is 29.5 Å². The highest BCUT2D eigenvalue weighted by atomic mass is 14.8. The molecule has 2 heterocycles. The maximum Gasteiger partial charge on any atom is 0.127 e. The fourth-order valence-electron chi connectivity index (χ4n) is 2.14. The number of anilines is 1. The van der Waals surface area contributed by atoms with Crippen LogP contribution in [0.4, 0.5) is 5.82 Å². The summed E-state index contributed by atoms with van der Waals surface area (Å²) in [7, 11) is 0. The normalized spacial score (nSPS) is 11.1. The molecule has 0 saturated heterocycles. The first kappa shape index (κ1) is 10.0. The van der Waals surface area contributed by atoms with Gasteiger partial charge in [0.25, 0.3) is 0 Å². The largest absolute Gasteiger partial charge is 0.383 e. The second-order valence-corrected chi connectivity index (χ2v) is 4.12. The van der Waals surface area contributed by atoms with Crippen LogP contribution in [0.25, 0.3) is 21.7 Å². The smallest absolute Gasteiger partial charge is 0.127 e.